The minimum atomic E-state index is 0.0746. The van der Waals surface area contributed by atoms with Gasteiger partial charge in [0.05, 0.1) is 6.10 Å². The smallest absolute Gasteiger partial charge is 0.124 e. The van der Waals surface area contributed by atoms with Gasteiger partial charge in [0, 0.05) is 11.6 Å². The summed E-state index contributed by atoms with van der Waals surface area (Å²) in [6.07, 6.45) is 3.30. The second-order valence-corrected chi connectivity index (χ2v) is 4.11. The summed E-state index contributed by atoms with van der Waals surface area (Å²) >= 11 is 0. The Bertz CT molecular complexity index is 307. The molecule has 1 aromatic carbocycles. The first-order valence-corrected chi connectivity index (χ1v) is 6.24. The first-order valence-electron chi connectivity index (χ1n) is 6.24. The van der Waals surface area contributed by atoms with E-state index in [-0.39, 0.29) is 6.04 Å². The molecule has 90 valence electrons. The van der Waals surface area contributed by atoms with Crippen molar-refractivity contribution in [3.8, 4) is 5.75 Å². The van der Waals surface area contributed by atoms with Gasteiger partial charge in [-0.05, 0) is 25.3 Å². The van der Waals surface area contributed by atoms with Gasteiger partial charge in [0.1, 0.15) is 5.75 Å². The van der Waals surface area contributed by atoms with Crippen LogP contribution in [-0.4, -0.2) is 6.10 Å². The molecule has 0 aliphatic rings. The minimum Gasteiger partial charge on any atom is -0.490 e. The molecule has 0 fully saturated rings. The lowest BCUT2D eigenvalue weighted by Gasteiger charge is -2.20. The maximum Gasteiger partial charge on any atom is 0.124 e. The Morgan fingerprint density at radius 1 is 1.06 bits per heavy atom. The van der Waals surface area contributed by atoms with Gasteiger partial charge in [-0.3, -0.25) is 0 Å². The van der Waals surface area contributed by atoms with Crippen LogP contribution < -0.4 is 10.5 Å². The van der Waals surface area contributed by atoms with Crippen molar-refractivity contribution in [1.82, 2.24) is 0 Å². The number of hydrogen-bond acceptors (Lipinski definition) is 2. The molecule has 0 aliphatic carbocycles. The molecule has 1 rings (SSSR count). The maximum absolute atomic E-state index is 6.07. The van der Waals surface area contributed by atoms with E-state index in [4.69, 9.17) is 10.5 Å². The van der Waals surface area contributed by atoms with Gasteiger partial charge < -0.3 is 10.5 Å². The quantitative estimate of drug-likeness (QED) is 0.795. The van der Waals surface area contributed by atoms with Gasteiger partial charge in [0.25, 0.3) is 0 Å². The van der Waals surface area contributed by atoms with E-state index < -0.39 is 0 Å². The van der Waals surface area contributed by atoms with Gasteiger partial charge in [-0.25, -0.2) is 0 Å². The summed E-state index contributed by atoms with van der Waals surface area (Å²) in [5.74, 6) is 0.950. The van der Waals surface area contributed by atoms with Crippen molar-refractivity contribution in [1.29, 1.82) is 0 Å². The van der Waals surface area contributed by atoms with Gasteiger partial charge in [-0.15, -0.1) is 0 Å². The molecule has 0 radical (unpaired) electrons. The van der Waals surface area contributed by atoms with Crippen LogP contribution in [0.3, 0.4) is 0 Å². The number of nitrogens with two attached hydrogens (primary N) is 1. The molecule has 1 atom stereocenters. The van der Waals surface area contributed by atoms with Gasteiger partial charge in [-0.2, -0.15) is 0 Å². The van der Waals surface area contributed by atoms with Gasteiger partial charge in [0.15, 0.2) is 0 Å². The third-order valence-corrected chi connectivity index (χ3v) is 2.96. The molecule has 2 heteroatoms. The molecule has 0 bridgehead atoms. The standard InChI is InChI=1S/C14H23NO/c1-4-11(5-2)16-14-10-8-7-9-12(14)13(15)6-3/h7-11,13H,4-6,15H2,1-3H3/t13-/m1/s1. The molecule has 0 spiro atoms. The highest BCUT2D eigenvalue weighted by molar-refractivity contribution is 5.35. The highest BCUT2D eigenvalue weighted by Crippen LogP contribution is 2.27. The predicted molar refractivity (Wildman–Crippen MR) is 68.7 cm³/mol. The molecule has 2 nitrogen and oxygen atoms in total. The molecule has 0 amide bonds. The van der Waals surface area contributed by atoms with Gasteiger partial charge in [-0.1, -0.05) is 39.0 Å². The van der Waals surface area contributed by atoms with Crippen molar-refractivity contribution in [2.45, 2.75) is 52.2 Å². The summed E-state index contributed by atoms with van der Waals surface area (Å²) in [5, 5.41) is 0. The number of rotatable bonds is 6. The third-order valence-electron chi connectivity index (χ3n) is 2.96. The zero-order chi connectivity index (χ0) is 12.0. The van der Waals surface area contributed by atoms with Crippen LogP contribution in [0.15, 0.2) is 24.3 Å². The van der Waals surface area contributed by atoms with Crippen LogP contribution in [0.2, 0.25) is 0 Å². The van der Waals surface area contributed by atoms with E-state index in [1.165, 1.54) is 0 Å². The van der Waals surface area contributed by atoms with Crippen molar-refractivity contribution >= 4 is 0 Å². The van der Waals surface area contributed by atoms with E-state index in [1.807, 2.05) is 18.2 Å². The Morgan fingerprint density at radius 2 is 1.69 bits per heavy atom. The lowest BCUT2D eigenvalue weighted by atomic mass is 10.0. The number of para-hydroxylation sites is 1. The SMILES string of the molecule is CCC(CC)Oc1ccccc1[C@H](N)CC. The van der Waals surface area contributed by atoms with Crippen molar-refractivity contribution < 1.29 is 4.74 Å². The zero-order valence-electron chi connectivity index (χ0n) is 10.6. The average Bonchev–Trinajstić information content (AvgIpc) is 2.35. The molecule has 0 saturated heterocycles. The Labute approximate surface area is 98.8 Å². The topological polar surface area (TPSA) is 35.2 Å². The second-order valence-electron chi connectivity index (χ2n) is 4.11. The van der Waals surface area contributed by atoms with Gasteiger partial charge in [0.2, 0.25) is 0 Å². The van der Waals surface area contributed by atoms with E-state index >= 15 is 0 Å². The highest BCUT2D eigenvalue weighted by Gasteiger charge is 2.12. The fraction of sp³-hybridized carbons (Fsp3) is 0.571. The molecule has 0 unspecified atom stereocenters. The van der Waals surface area contributed by atoms with E-state index in [9.17, 15) is 0 Å². The fourth-order valence-electron chi connectivity index (χ4n) is 1.75. The molecule has 0 heterocycles. The van der Waals surface area contributed by atoms with Crippen LogP contribution in [0, 0.1) is 0 Å². The monoisotopic (exact) mass is 221 g/mol. The lowest BCUT2D eigenvalue weighted by molar-refractivity contribution is 0.190. The van der Waals surface area contributed by atoms with Crippen LogP contribution in [0.5, 0.6) is 5.75 Å². The average molecular weight is 221 g/mol. The normalized spacial score (nSPS) is 12.8. The van der Waals surface area contributed by atoms with Gasteiger partial charge >= 0.3 is 0 Å². The fourth-order valence-corrected chi connectivity index (χ4v) is 1.75. The summed E-state index contributed by atoms with van der Waals surface area (Å²) in [6, 6.07) is 8.18. The van der Waals surface area contributed by atoms with Crippen molar-refractivity contribution in [3.05, 3.63) is 29.8 Å². The van der Waals surface area contributed by atoms with Crippen molar-refractivity contribution in [3.63, 3.8) is 0 Å². The summed E-state index contributed by atoms with van der Waals surface area (Å²) in [7, 11) is 0. The minimum absolute atomic E-state index is 0.0746. The Balaban J connectivity index is 2.86. The van der Waals surface area contributed by atoms with Crippen LogP contribution >= 0.6 is 0 Å². The summed E-state index contributed by atoms with van der Waals surface area (Å²) in [4.78, 5) is 0. The predicted octanol–water partition coefficient (Wildman–Crippen LogP) is 3.66. The third kappa shape index (κ3) is 3.24. The summed E-state index contributed by atoms with van der Waals surface area (Å²) < 4.78 is 5.99. The second kappa shape index (κ2) is 6.54. The van der Waals surface area contributed by atoms with Crippen molar-refractivity contribution in [2.24, 2.45) is 5.73 Å². The first kappa shape index (κ1) is 13.0. The molecule has 0 aliphatic heterocycles. The Hall–Kier alpha value is -1.02. The zero-order valence-corrected chi connectivity index (χ0v) is 10.6. The Kier molecular flexibility index (Phi) is 5.33. The lowest BCUT2D eigenvalue weighted by Crippen LogP contribution is -2.17. The van der Waals surface area contributed by atoms with E-state index in [0.717, 1.165) is 30.6 Å². The van der Waals surface area contributed by atoms with E-state index in [2.05, 4.69) is 26.8 Å². The maximum atomic E-state index is 6.07. The number of ether oxygens (including phenoxy) is 1. The van der Waals surface area contributed by atoms with Crippen LogP contribution in [0.25, 0.3) is 0 Å². The van der Waals surface area contributed by atoms with Crippen LogP contribution in [0.1, 0.15) is 51.6 Å². The Morgan fingerprint density at radius 3 is 2.25 bits per heavy atom. The van der Waals surface area contributed by atoms with E-state index in [1.54, 1.807) is 0 Å². The largest absolute Gasteiger partial charge is 0.490 e. The molecular formula is C14H23NO. The summed E-state index contributed by atoms with van der Waals surface area (Å²) in [6.45, 7) is 6.39. The highest BCUT2D eigenvalue weighted by atomic mass is 16.5. The molecule has 0 aromatic heterocycles. The number of benzene rings is 1. The van der Waals surface area contributed by atoms with Crippen LogP contribution in [0.4, 0.5) is 0 Å². The molecule has 2 N–H and O–H groups in total. The van der Waals surface area contributed by atoms with E-state index in [0.29, 0.717) is 6.10 Å². The molecule has 0 saturated carbocycles. The molecule has 1 aromatic rings. The van der Waals surface area contributed by atoms with Crippen LogP contribution in [-0.2, 0) is 0 Å². The molecular weight excluding hydrogens is 198 g/mol. The van der Waals surface area contributed by atoms with Crippen molar-refractivity contribution in [2.75, 3.05) is 0 Å². The first-order chi connectivity index (χ1) is 7.72. The summed E-state index contributed by atoms with van der Waals surface area (Å²) in [5.41, 5.74) is 7.20. The molecule has 16 heavy (non-hydrogen) atoms. The number of hydrogen-bond donors (Lipinski definition) is 1.